The number of carbonyl (C=O) groups excluding carboxylic acids is 2. The second-order valence-electron chi connectivity index (χ2n) is 6.57. The minimum absolute atomic E-state index is 0.0494. The predicted molar refractivity (Wildman–Crippen MR) is 99.8 cm³/mol. The molecule has 3 N–H and O–H groups in total. The van der Waals surface area contributed by atoms with Gasteiger partial charge in [-0.25, -0.2) is 0 Å². The normalized spacial score (nSPS) is 14.8. The van der Waals surface area contributed by atoms with E-state index >= 15 is 0 Å². The summed E-state index contributed by atoms with van der Waals surface area (Å²) in [6.45, 7) is 2.70. The molecule has 2 aromatic rings. The number of aromatic nitrogens is 3. The minimum Gasteiger partial charge on any atom is -0.368 e. The summed E-state index contributed by atoms with van der Waals surface area (Å²) in [5, 5.41) is 11.8. The molecule has 1 saturated carbocycles. The zero-order chi connectivity index (χ0) is 18.5. The van der Waals surface area contributed by atoms with Gasteiger partial charge in [0.05, 0.1) is 5.75 Å². The highest BCUT2D eigenvalue weighted by Gasteiger charge is 2.31. The number of benzene rings is 1. The van der Waals surface area contributed by atoms with E-state index in [1.165, 1.54) is 17.3 Å². The summed E-state index contributed by atoms with van der Waals surface area (Å²) < 4.78 is 1.74. The summed E-state index contributed by atoms with van der Waals surface area (Å²) in [5.74, 6) is 1.11. The molecule has 1 aliphatic carbocycles. The van der Waals surface area contributed by atoms with Crippen LogP contribution in [0.5, 0.6) is 0 Å². The molecule has 1 heterocycles. The van der Waals surface area contributed by atoms with E-state index in [1.54, 1.807) is 4.57 Å². The molecule has 0 aliphatic heterocycles. The third kappa shape index (κ3) is 4.85. The van der Waals surface area contributed by atoms with Crippen LogP contribution >= 0.6 is 11.8 Å². The van der Waals surface area contributed by atoms with Crippen molar-refractivity contribution in [2.24, 2.45) is 5.73 Å². The largest absolute Gasteiger partial charge is 0.368 e. The fraction of sp³-hybridized carbons (Fsp3) is 0.444. The number of nitrogens with two attached hydrogens (primary N) is 1. The number of hydrogen-bond acceptors (Lipinski definition) is 5. The van der Waals surface area contributed by atoms with Gasteiger partial charge in [0.2, 0.25) is 11.8 Å². The van der Waals surface area contributed by atoms with Gasteiger partial charge in [-0.1, -0.05) is 49.0 Å². The lowest BCUT2D eigenvalue weighted by Crippen LogP contribution is -2.29. The predicted octanol–water partition coefficient (Wildman–Crippen LogP) is 1.65. The standard InChI is InChI=1S/C18H23N5O2S/c1-12(13-5-3-2-4-6-13)9-20-16(25)11-26-18-22-21-17(14-7-8-14)23(18)10-15(19)24/h2-6,12,14H,7-11H2,1H3,(H2,19,24)(H,20,25)/t12-/m1/s1. The lowest BCUT2D eigenvalue weighted by atomic mass is 10.0. The Morgan fingerprint density at radius 1 is 1.31 bits per heavy atom. The first-order chi connectivity index (χ1) is 12.5. The molecule has 26 heavy (non-hydrogen) atoms. The van der Waals surface area contributed by atoms with Crippen molar-refractivity contribution in [1.29, 1.82) is 0 Å². The van der Waals surface area contributed by atoms with E-state index in [9.17, 15) is 9.59 Å². The minimum atomic E-state index is -0.435. The van der Waals surface area contributed by atoms with Crippen molar-refractivity contribution >= 4 is 23.6 Å². The van der Waals surface area contributed by atoms with Crippen LogP contribution in [0.15, 0.2) is 35.5 Å². The van der Waals surface area contributed by atoms with E-state index in [4.69, 9.17) is 5.73 Å². The quantitative estimate of drug-likeness (QED) is 0.651. The number of hydrogen-bond donors (Lipinski definition) is 2. The van der Waals surface area contributed by atoms with Gasteiger partial charge in [0.25, 0.3) is 0 Å². The van der Waals surface area contributed by atoms with E-state index in [0.717, 1.165) is 18.7 Å². The fourth-order valence-electron chi connectivity index (χ4n) is 2.70. The molecule has 1 atom stereocenters. The van der Waals surface area contributed by atoms with Gasteiger partial charge >= 0.3 is 0 Å². The summed E-state index contributed by atoms with van der Waals surface area (Å²) >= 11 is 1.28. The maximum absolute atomic E-state index is 12.2. The van der Waals surface area contributed by atoms with Gasteiger partial charge in [0, 0.05) is 12.5 Å². The Morgan fingerprint density at radius 3 is 2.69 bits per heavy atom. The van der Waals surface area contributed by atoms with Crippen LogP contribution in [-0.2, 0) is 16.1 Å². The summed E-state index contributed by atoms with van der Waals surface area (Å²) in [6, 6.07) is 10.1. The fourth-order valence-corrected chi connectivity index (χ4v) is 3.48. The van der Waals surface area contributed by atoms with E-state index in [0.29, 0.717) is 17.6 Å². The number of primary amides is 1. The average Bonchev–Trinajstić information content (AvgIpc) is 3.40. The molecule has 138 valence electrons. The molecular formula is C18H23N5O2S. The molecule has 8 heteroatoms. The number of carbonyl (C=O) groups is 2. The van der Waals surface area contributed by atoms with E-state index in [2.05, 4.69) is 34.6 Å². The first kappa shape index (κ1) is 18.4. The number of nitrogens with zero attached hydrogens (tertiary/aromatic N) is 3. The number of thioether (sulfide) groups is 1. The van der Waals surface area contributed by atoms with Crippen LogP contribution in [0.2, 0.25) is 0 Å². The Labute approximate surface area is 156 Å². The third-order valence-corrected chi connectivity index (χ3v) is 5.28. The van der Waals surface area contributed by atoms with Crippen molar-refractivity contribution in [2.75, 3.05) is 12.3 Å². The summed E-state index contributed by atoms with van der Waals surface area (Å²) in [5.41, 5.74) is 6.52. The Hall–Kier alpha value is -2.35. The van der Waals surface area contributed by atoms with Crippen molar-refractivity contribution in [2.45, 2.75) is 43.3 Å². The number of rotatable bonds is 9. The average molecular weight is 373 g/mol. The second kappa shape index (κ2) is 8.35. The van der Waals surface area contributed by atoms with Crippen LogP contribution < -0.4 is 11.1 Å². The van der Waals surface area contributed by atoms with E-state index < -0.39 is 5.91 Å². The molecule has 1 fully saturated rings. The number of nitrogens with one attached hydrogen (secondary N) is 1. The van der Waals surface area contributed by atoms with Gasteiger partial charge in [0.15, 0.2) is 5.16 Å². The van der Waals surface area contributed by atoms with E-state index in [-0.39, 0.29) is 24.1 Å². The van der Waals surface area contributed by atoms with Crippen LogP contribution in [0.1, 0.15) is 43.0 Å². The molecule has 7 nitrogen and oxygen atoms in total. The zero-order valence-electron chi connectivity index (χ0n) is 14.7. The van der Waals surface area contributed by atoms with Crippen molar-refractivity contribution < 1.29 is 9.59 Å². The first-order valence-corrected chi connectivity index (χ1v) is 9.69. The van der Waals surface area contributed by atoms with Crippen molar-refractivity contribution in [3.05, 3.63) is 41.7 Å². The highest BCUT2D eigenvalue weighted by molar-refractivity contribution is 7.99. The van der Waals surface area contributed by atoms with Crippen molar-refractivity contribution in [1.82, 2.24) is 20.1 Å². The van der Waals surface area contributed by atoms with Gasteiger partial charge in [-0.15, -0.1) is 10.2 Å². The van der Waals surface area contributed by atoms with Crippen LogP contribution in [0, 0.1) is 0 Å². The molecule has 0 bridgehead atoms. The summed E-state index contributed by atoms with van der Waals surface area (Å²) in [4.78, 5) is 23.5. The molecule has 0 radical (unpaired) electrons. The van der Waals surface area contributed by atoms with Crippen LogP contribution in [0.25, 0.3) is 0 Å². The molecule has 0 unspecified atom stereocenters. The third-order valence-electron chi connectivity index (χ3n) is 4.31. The molecule has 1 aromatic heterocycles. The molecule has 1 aliphatic rings. The monoisotopic (exact) mass is 373 g/mol. The smallest absolute Gasteiger partial charge is 0.237 e. The van der Waals surface area contributed by atoms with Crippen molar-refractivity contribution in [3.8, 4) is 0 Å². The highest BCUT2D eigenvalue weighted by atomic mass is 32.2. The van der Waals surface area contributed by atoms with Gasteiger partial charge in [0.1, 0.15) is 12.4 Å². The summed E-state index contributed by atoms with van der Waals surface area (Å²) in [7, 11) is 0. The van der Waals surface area contributed by atoms with Gasteiger partial charge in [-0.2, -0.15) is 0 Å². The lowest BCUT2D eigenvalue weighted by Gasteiger charge is -2.13. The Balaban J connectivity index is 1.52. The molecule has 1 aromatic carbocycles. The first-order valence-electron chi connectivity index (χ1n) is 8.70. The topological polar surface area (TPSA) is 103 Å². The lowest BCUT2D eigenvalue weighted by molar-refractivity contribution is -0.119. The maximum atomic E-state index is 12.2. The Morgan fingerprint density at radius 2 is 2.04 bits per heavy atom. The Kier molecular flexibility index (Phi) is 5.92. The molecule has 0 spiro atoms. The Bertz CT molecular complexity index is 773. The highest BCUT2D eigenvalue weighted by Crippen LogP contribution is 2.39. The molecular weight excluding hydrogens is 350 g/mol. The van der Waals surface area contributed by atoms with Gasteiger partial charge < -0.3 is 11.1 Å². The van der Waals surface area contributed by atoms with E-state index in [1.807, 2.05) is 18.2 Å². The second-order valence-corrected chi connectivity index (χ2v) is 7.51. The van der Waals surface area contributed by atoms with Crippen LogP contribution in [0.4, 0.5) is 0 Å². The van der Waals surface area contributed by atoms with Gasteiger partial charge in [-0.05, 0) is 24.3 Å². The van der Waals surface area contributed by atoms with Crippen LogP contribution in [-0.4, -0.2) is 38.9 Å². The van der Waals surface area contributed by atoms with Crippen molar-refractivity contribution in [3.63, 3.8) is 0 Å². The number of amides is 2. The maximum Gasteiger partial charge on any atom is 0.237 e. The molecule has 2 amide bonds. The summed E-state index contributed by atoms with van der Waals surface area (Å²) in [6.07, 6.45) is 2.11. The van der Waals surface area contributed by atoms with Gasteiger partial charge in [-0.3, -0.25) is 14.2 Å². The molecule has 3 rings (SSSR count). The zero-order valence-corrected chi connectivity index (χ0v) is 15.5. The SMILES string of the molecule is C[C@H](CNC(=O)CSc1nnc(C2CC2)n1CC(N)=O)c1ccccc1. The van der Waals surface area contributed by atoms with Crippen LogP contribution in [0.3, 0.4) is 0 Å². The molecule has 0 saturated heterocycles.